The minimum absolute atomic E-state index is 0.0143. The maximum atomic E-state index is 11.7. The quantitative estimate of drug-likeness (QED) is 0.748. The average molecular weight is 215 g/mol. The third-order valence-electron chi connectivity index (χ3n) is 3.01. The molecule has 1 aromatic heterocycles. The topological polar surface area (TPSA) is 57.0 Å². The van der Waals surface area contributed by atoms with E-state index >= 15 is 0 Å². The van der Waals surface area contributed by atoms with Crippen molar-refractivity contribution in [2.24, 2.45) is 5.92 Å². The van der Waals surface area contributed by atoms with Crippen molar-refractivity contribution in [1.29, 1.82) is 5.26 Å². The first-order chi connectivity index (χ1) is 7.72. The molecule has 0 N–H and O–H groups in total. The van der Waals surface area contributed by atoms with Crippen LogP contribution in [0.1, 0.15) is 19.0 Å². The molecule has 82 valence electrons. The number of nitriles is 1. The van der Waals surface area contributed by atoms with Gasteiger partial charge in [0.1, 0.15) is 0 Å². The summed E-state index contributed by atoms with van der Waals surface area (Å²) < 4.78 is 0. The summed E-state index contributed by atoms with van der Waals surface area (Å²) in [5, 5.41) is 8.89. The first kappa shape index (κ1) is 10.6. The minimum atomic E-state index is -0.184. The molecule has 1 saturated heterocycles. The van der Waals surface area contributed by atoms with Crippen molar-refractivity contribution in [2.75, 3.05) is 0 Å². The molecule has 1 aromatic rings. The number of hydrogen-bond donors (Lipinski definition) is 0. The zero-order valence-electron chi connectivity index (χ0n) is 9.13. The number of carbonyl (C=O) groups is 1. The van der Waals surface area contributed by atoms with Crippen LogP contribution in [0.2, 0.25) is 0 Å². The Kier molecular flexibility index (Phi) is 2.86. The van der Waals surface area contributed by atoms with Gasteiger partial charge in [-0.05, 0) is 19.1 Å². The van der Waals surface area contributed by atoms with Crippen molar-refractivity contribution < 1.29 is 4.79 Å². The van der Waals surface area contributed by atoms with Gasteiger partial charge in [-0.25, -0.2) is 0 Å². The van der Waals surface area contributed by atoms with E-state index in [1.165, 1.54) is 0 Å². The van der Waals surface area contributed by atoms with E-state index in [1.807, 2.05) is 25.1 Å². The van der Waals surface area contributed by atoms with Crippen molar-refractivity contribution >= 4 is 5.91 Å². The molecule has 0 aliphatic carbocycles. The van der Waals surface area contributed by atoms with E-state index in [2.05, 4.69) is 11.1 Å². The number of pyridine rings is 1. The zero-order valence-corrected chi connectivity index (χ0v) is 9.13. The molecule has 0 saturated carbocycles. The van der Waals surface area contributed by atoms with E-state index in [9.17, 15) is 4.79 Å². The molecular weight excluding hydrogens is 202 g/mol. The highest BCUT2D eigenvalue weighted by molar-refractivity contribution is 5.79. The van der Waals surface area contributed by atoms with Crippen molar-refractivity contribution in [2.45, 2.75) is 25.9 Å². The largest absolute Gasteiger partial charge is 0.333 e. The number of carbonyl (C=O) groups excluding carboxylic acids is 1. The van der Waals surface area contributed by atoms with Gasteiger partial charge in [-0.1, -0.05) is 6.07 Å². The van der Waals surface area contributed by atoms with Crippen LogP contribution in [0.3, 0.4) is 0 Å². The molecule has 1 amide bonds. The summed E-state index contributed by atoms with van der Waals surface area (Å²) in [5.74, 6) is -0.138. The molecule has 4 nitrogen and oxygen atoms in total. The fraction of sp³-hybridized carbons (Fsp3) is 0.417. The first-order valence-electron chi connectivity index (χ1n) is 5.31. The lowest BCUT2D eigenvalue weighted by Crippen LogP contribution is -2.32. The van der Waals surface area contributed by atoms with E-state index < -0.39 is 0 Å². The molecule has 2 atom stereocenters. The normalized spacial score (nSPS) is 24.5. The van der Waals surface area contributed by atoms with Crippen LogP contribution < -0.4 is 0 Å². The van der Waals surface area contributed by atoms with E-state index in [1.54, 1.807) is 11.1 Å². The molecule has 16 heavy (non-hydrogen) atoms. The molecule has 2 rings (SSSR count). The highest BCUT2D eigenvalue weighted by Gasteiger charge is 2.36. The number of aromatic nitrogens is 1. The zero-order chi connectivity index (χ0) is 11.5. The SMILES string of the molecule is CC1C(C#N)CC(=O)N1Cc1ccccn1. The second-order valence-corrected chi connectivity index (χ2v) is 4.02. The molecular formula is C12H13N3O. The fourth-order valence-corrected chi connectivity index (χ4v) is 1.97. The highest BCUT2D eigenvalue weighted by atomic mass is 16.2. The summed E-state index contributed by atoms with van der Waals surface area (Å²) in [5.41, 5.74) is 0.862. The Hall–Kier alpha value is -1.89. The monoisotopic (exact) mass is 215 g/mol. The molecule has 0 aromatic carbocycles. The Morgan fingerprint density at radius 1 is 1.62 bits per heavy atom. The summed E-state index contributed by atoms with van der Waals surface area (Å²) in [6.45, 7) is 2.42. The second kappa shape index (κ2) is 4.31. The van der Waals surface area contributed by atoms with Gasteiger partial charge in [0.2, 0.25) is 5.91 Å². The molecule has 0 spiro atoms. The van der Waals surface area contributed by atoms with Gasteiger partial charge in [-0.3, -0.25) is 9.78 Å². The van der Waals surface area contributed by atoms with Gasteiger partial charge in [0, 0.05) is 18.7 Å². The van der Waals surface area contributed by atoms with Gasteiger partial charge >= 0.3 is 0 Å². The van der Waals surface area contributed by atoms with Crippen LogP contribution in [-0.4, -0.2) is 21.8 Å². The predicted molar refractivity (Wildman–Crippen MR) is 58.0 cm³/mol. The Balaban J connectivity index is 2.12. The standard InChI is InChI=1S/C12H13N3O/c1-9-10(7-13)6-12(16)15(9)8-11-4-2-3-5-14-11/h2-5,9-10H,6,8H2,1H3. The molecule has 2 unspecified atom stereocenters. The Bertz CT molecular complexity index is 424. The lowest BCUT2D eigenvalue weighted by Gasteiger charge is -2.22. The van der Waals surface area contributed by atoms with Gasteiger partial charge in [-0.15, -0.1) is 0 Å². The van der Waals surface area contributed by atoms with E-state index in [0.29, 0.717) is 13.0 Å². The van der Waals surface area contributed by atoms with Gasteiger partial charge < -0.3 is 4.90 Å². The van der Waals surface area contributed by atoms with Crippen LogP contribution in [0, 0.1) is 17.2 Å². The third-order valence-corrected chi connectivity index (χ3v) is 3.01. The molecule has 1 aliphatic rings. The van der Waals surface area contributed by atoms with Crippen LogP contribution in [0.4, 0.5) is 0 Å². The Morgan fingerprint density at radius 2 is 2.44 bits per heavy atom. The van der Waals surface area contributed by atoms with Gasteiger partial charge in [0.05, 0.1) is 24.2 Å². The van der Waals surface area contributed by atoms with Crippen molar-refractivity contribution in [3.8, 4) is 6.07 Å². The average Bonchev–Trinajstić information content (AvgIpc) is 2.58. The molecule has 0 bridgehead atoms. The van der Waals surface area contributed by atoms with Crippen LogP contribution >= 0.6 is 0 Å². The molecule has 2 heterocycles. The summed E-state index contributed by atoms with van der Waals surface area (Å²) in [4.78, 5) is 17.6. The van der Waals surface area contributed by atoms with E-state index in [0.717, 1.165) is 5.69 Å². The lowest BCUT2D eigenvalue weighted by atomic mass is 10.0. The summed E-state index contributed by atoms with van der Waals surface area (Å²) in [7, 11) is 0. The van der Waals surface area contributed by atoms with Crippen LogP contribution in [0.15, 0.2) is 24.4 Å². The summed E-state index contributed by atoms with van der Waals surface area (Å²) in [6.07, 6.45) is 2.05. The highest BCUT2D eigenvalue weighted by Crippen LogP contribution is 2.25. The molecule has 4 heteroatoms. The van der Waals surface area contributed by atoms with Crippen LogP contribution in [0.5, 0.6) is 0 Å². The molecule has 0 radical (unpaired) electrons. The number of amides is 1. The molecule has 1 fully saturated rings. The van der Waals surface area contributed by atoms with Gasteiger partial charge in [0.25, 0.3) is 0 Å². The third kappa shape index (κ3) is 1.89. The number of rotatable bonds is 2. The van der Waals surface area contributed by atoms with Gasteiger partial charge in [0.15, 0.2) is 0 Å². The van der Waals surface area contributed by atoms with Crippen molar-refractivity contribution in [1.82, 2.24) is 9.88 Å². The van der Waals surface area contributed by atoms with Crippen molar-refractivity contribution in [3.63, 3.8) is 0 Å². The van der Waals surface area contributed by atoms with Crippen LogP contribution in [0.25, 0.3) is 0 Å². The smallest absolute Gasteiger partial charge is 0.224 e. The fourth-order valence-electron chi connectivity index (χ4n) is 1.97. The predicted octanol–water partition coefficient (Wildman–Crippen LogP) is 1.34. The number of likely N-dealkylation sites (tertiary alicyclic amines) is 1. The van der Waals surface area contributed by atoms with E-state index in [-0.39, 0.29) is 17.9 Å². The summed E-state index contributed by atoms with van der Waals surface area (Å²) >= 11 is 0. The number of hydrogen-bond acceptors (Lipinski definition) is 3. The maximum Gasteiger partial charge on any atom is 0.224 e. The van der Waals surface area contributed by atoms with Crippen LogP contribution in [-0.2, 0) is 11.3 Å². The van der Waals surface area contributed by atoms with Gasteiger partial charge in [-0.2, -0.15) is 5.26 Å². The summed E-state index contributed by atoms with van der Waals surface area (Å²) in [6, 6.07) is 7.79. The lowest BCUT2D eigenvalue weighted by molar-refractivity contribution is -0.129. The second-order valence-electron chi connectivity index (χ2n) is 4.02. The maximum absolute atomic E-state index is 11.7. The Morgan fingerprint density at radius 3 is 3.00 bits per heavy atom. The Labute approximate surface area is 94.5 Å². The molecule has 1 aliphatic heterocycles. The minimum Gasteiger partial charge on any atom is -0.333 e. The first-order valence-corrected chi connectivity index (χ1v) is 5.31. The van der Waals surface area contributed by atoms with Crippen molar-refractivity contribution in [3.05, 3.63) is 30.1 Å². The number of nitrogens with zero attached hydrogens (tertiary/aromatic N) is 3. The van der Waals surface area contributed by atoms with E-state index in [4.69, 9.17) is 5.26 Å².